The van der Waals surface area contributed by atoms with Gasteiger partial charge >= 0.3 is 0 Å². The minimum atomic E-state index is -3.88. The Kier molecular flexibility index (Phi) is 8.24. The van der Waals surface area contributed by atoms with Crippen molar-refractivity contribution in [2.45, 2.75) is 18.7 Å². The van der Waals surface area contributed by atoms with Crippen LogP contribution in [0.1, 0.15) is 21.5 Å². The number of aromatic nitrogens is 1. The number of nitrogens with one attached hydrogen (secondary N) is 2. The van der Waals surface area contributed by atoms with Crippen LogP contribution < -0.4 is 19.7 Å². The molecule has 3 aromatic carbocycles. The first-order valence-electron chi connectivity index (χ1n) is 13.1. The van der Waals surface area contributed by atoms with E-state index in [1.807, 2.05) is 0 Å². The number of carbonyl (C=O) groups is 1. The molecule has 210 valence electrons. The number of sulfonamides is 1. The molecule has 1 aliphatic heterocycles. The molecule has 0 saturated carbocycles. The third-order valence-electron chi connectivity index (χ3n) is 6.95. The fraction of sp³-hybridized carbons (Fsp3) is 0.310. The molecule has 1 aromatic heterocycles. The van der Waals surface area contributed by atoms with E-state index in [0.29, 0.717) is 18.8 Å². The minimum Gasteiger partial charge on any atom is -0.497 e. The molecular formula is C29H33N5O4S2. The monoisotopic (exact) mass is 579 g/mol. The molecule has 0 bridgehead atoms. The summed E-state index contributed by atoms with van der Waals surface area (Å²) in [4.78, 5) is 22.6. The van der Waals surface area contributed by atoms with E-state index in [1.165, 1.54) is 35.1 Å². The third-order valence-corrected chi connectivity index (χ3v) is 9.60. The molecule has 4 aromatic rings. The van der Waals surface area contributed by atoms with E-state index < -0.39 is 10.0 Å². The van der Waals surface area contributed by atoms with Gasteiger partial charge in [0.05, 0.1) is 33.5 Å². The first-order valence-corrected chi connectivity index (χ1v) is 15.4. The van der Waals surface area contributed by atoms with Crippen molar-refractivity contribution in [3.8, 4) is 5.75 Å². The van der Waals surface area contributed by atoms with Crippen molar-refractivity contribution in [1.82, 2.24) is 15.2 Å². The van der Waals surface area contributed by atoms with Crippen molar-refractivity contribution in [1.29, 1.82) is 0 Å². The van der Waals surface area contributed by atoms with Crippen LogP contribution in [0.4, 0.5) is 10.8 Å². The van der Waals surface area contributed by atoms with E-state index in [0.717, 1.165) is 36.8 Å². The standard InChI is InChI=1S/C29H33N5O4S2/c1-20-18-21(2)27-26(19-20)31-29(39-27)34-16-14-33(15-17-34)13-12-30-28(35)24-6-4-5-7-25(24)32-40(36,37)23-10-8-22(38-3)9-11-23/h4-11,18-19,32H,12-17H2,1-3H3,(H,30,35). The van der Waals surface area contributed by atoms with E-state index in [-0.39, 0.29) is 22.1 Å². The number of hydrogen-bond acceptors (Lipinski definition) is 8. The molecule has 1 amide bonds. The molecule has 0 atom stereocenters. The first-order chi connectivity index (χ1) is 19.2. The molecule has 40 heavy (non-hydrogen) atoms. The summed E-state index contributed by atoms with van der Waals surface area (Å²) >= 11 is 1.75. The summed E-state index contributed by atoms with van der Waals surface area (Å²) in [5.74, 6) is 0.230. The SMILES string of the molecule is COc1ccc(S(=O)(=O)Nc2ccccc2C(=O)NCCN2CCN(c3nc4cc(C)cc(C)c4s3)CC2)cc1. The number of benzene rings is 3. The van der Waals surface area contributed by atoms with Crippen LogP contribution in [0.3, 0.4) is 0 Å². The first kappa shape index (κ1) is 27.9. The molecule has 0 aliphatic carbocycles. The fourth-order valence-electron chi connectivity index (χ4n) is 4.81. The molecule has 11 heteroatoms. The predicted octanol–water partition coefficient (Wildman–Crippen LogP) is 4.27. The van der Waals surface area contributed by atoms with Crippen LogP contribution in [0, 0.1) is 13.8 Å². The average molecular weight is 580 g/mol. The minimum absolute atomic E-state index is 0.0822. The number of nitrogens with zero attached hydrogens (tertiary/aromatic N) is 3. The Bertz CT molecular complexity index is 1610. The highest BCUT2D eigenvalue weighted by atomic mass is 32.2. The number of amides is 1. The predicted molar refractivity (Wildman–Crippen MR) is 160 cm³/mol. The number of hydrogen-bond donors (Lipinski definition) is 2. The summed E-state index contributed by atoms with van der Waals surface area (Å²) in [6, 6.07) is 17.0. The van der Waals surface area contributed by atoms with Crippen LogP contribution in [0.25, 0.3) is 10.2 Å². The Morgan fingerprint density at radius 2 is 1.75 bits per heavy atom. The maximum Gasteiger partial charge on any atom is 0.261 e. The van der Waals surface area contributed by atoms with Gasteiger partial charge in [0, 0.05) is 39.3 Å². The van der Waals surface area contributed by atoms with Gasteiger partial charge in [0.15, 0.2) is 5.13 Å². The molecule has 2 heterocycles. The van der Waals surface area contributed by atoms with E-state index >= 15 is 0 Å². The Morgan fingerprint density at radius 3 is 2.48 bits per heavy atom. The summed E-state index contributed by atoms with van der Waals surface area (Å²) < 4.78 is 34.7. The van der Waals surface area contributed by atoms with Gasteiger partial charge in [0.25, 0.3) is 15.9 Å². The summed E-state index contributed by atoms with van der Waals surface area (Å²) in [5.41, 5.74) is 4.06. The van der Waals surface area contributed by atoms with Crippen molar-refractivity contribution in [3.05, 3.63) is 77.4 Å². The van der Waals surface area contributed by atoms with Crippen LogP contribution in [0.15, 0.2) is 65.6 Å². The normalized spacial score (nSPS) is 14.3. The molecule has 0 unspecified atom stereocenters. The summed E-state index contributed by atoms with van der Waals surface area (Å²) in [5, 5.41) is 4.00. The van der Waals surface area contributed by atoms with Gasteiger partial charge in [-0.2, -0.15) is 0 Å². The molecule has 2 N–H and O–H groups in total. The lowest BCUT2D eigenvalue weighted by Crippen LogP contribution is -2.48. The van der Waals surface area contributed by atoms with Crippen LogP contribution in [-0.2, 0) is 10.0 Å². The van der Waals surface area contributed by atoms with Gasteiger partial charge < -0.3 is 15.0 Å². The van der Waals surface area contributed by atoms with Gasteiger partial charge in [0.2, 0.25) is 0 Å². The number of thiazole rings is 1. The molecule has 1 aliphatic rings. The highest BCUT2D eigenvalue weighted by molar-refractivity contribution is 7.92. The summed E-state index contributed by atoms with van der Waals surface area (Å²) in [6.07, 6.45) is 0. The quantitative estimate of drug-likeness (QED) is 0.305. The van der Waals surface area contributed by atoms with Crippen molar-refractivity contribution >= 4 is 48.3 Å². The number of fused-ring (bicyclic) bond motifs is 1. The molecule has 0 spiro atoms. The maximum absolute atomic E-state index is 13.0. The Labute approximate surface area is 238 Å². The topological polar surface area (TPSA) is 104 Å². The second-order valence-electron chi connectivity index (χ2n) is 9.84. The lowest BCUT2D eigenvalue weighted by atomic mass is 10.1. The van der Waals surface area contributed by atoms with E-state index in [4.69, 9.17) is 9.72 Å². The Hall–Kier alpha value is -3.67. The van der Waals surface area contributed by atoms with Gasteiger partial charge in [-0.3, -0.25) is 14.4 Å². The maximum atomic E-state index is 13.0. The zero-order valence-electron chi connectivity index (χ0n) is 22.8. The van der Waals surface area contributed by atoms with Crippen LogP contribution in [0.5, 0.6) is 5.75 Å². The second kappa shape index (κ2) is 11.8. The number of anilines is 2. The van der Waals surface area contributed by atoms with Crippen LogP contribution in [-0.4, -0.2) is 70.6 Å². The number of carbonyl (C=O) groups excluding carboxylic acids is 1. The highest BCUT2D eigenvalue weighted by Gasteiger charge is 2.22. The number of rotatable bonds is 9. The van der Waals surface area contributed by atoms with E-state index in [1.54, 1.807) is 47.7 Å². The van der Waals surface area contributed by atoms with Gasteiger partial charge in [-0.1, -0.05) is 29.5 Å². The van der Waals surface area contributed by atoms with Crippen LogP contribution in [0.2, 0.25) is 0 Å². The molecule has 1 fully saturated rings. The second-order valence-corrected chi connectivity index (χ2v) is 12.5. The smallest absolute Gasteiger partial charge is 0.261 e. The number of piperazine rings is 1. The van der Waals surface area contributed by atoms with E-state index in [9.17, 15) is 13.2 Å². The van der Waals surface area contributed by atoms with Crippen molar-refractivity contribution < 1.29 is 17.9 Å². The van der Waals surface area contributed by atoms with Gasteiger partial charge in [-0.25, -0.2) is 13.4 Å². The number of ether oxygens (including phenoxy) is 1. The molecule has 0 radical (unpaired) electrons. The number of methoxy groups -OCH3 is 1. The van der Waals surface area contributed by atoms with Gasteiger partial charge in [-0.05, 0) is 67.4 Å². The van der Waals surface area contributed by atoms with Gasteiger partial charge in [0.1, 0.15) is 5.75 Å². The fourth-order valence-corrected chi connectivity index (χ4v) is 6.96. The summed E-state index contributed by atoms with van der Waals surface area (Å²) in [6.45, 7) is 8.91. The van der Waals surface area contributed by atoms with Gasteiger partial charge in [-0.15, -0.1) is 0 Å². The Morgan fingerprint density at radius 1 is 1.02 bits per heavy atom. The van der Waals surface area contributed by atoms with E-state index in [2.05, 4.69) is 45.8 Å². The van der Waals surface area contributed by atoms with Crippen LogP contribution >= 0.6 is 11.3 Å². The molecule has 9 nitrogen and oxygen atoms in total. The summed E-state index contributed by atoms with van der Waals surface area (Å²) in [7, 11) is -2.36. The molecule has 5 rings (SSSR count). The number of aryl methyl sites for hydroxylation is 2. The third kappa shape index (κ3) is 6.22. The zero-order chi connectivity index (χ0) is 28.3. The number of para-hydroxylation sites is 1. The van der Waals surface area contributed by atoms with Crippen molar-refractivity contribution in [2.24, 2.45) is 0 Å². The van der Waals surface area contributed by atoms with Crippen molar-refractivity contribution in [3.63, 3.8) is 0 Å². The zero-order valence-corrected chi connectivity index (χ0v) is 24.4. The average Bonchev–Trinajstić information content (AvgIpc) is 3.38. The Balaban J connectivity index is 1.14. The molecule has 1 saturated heterocycles. The largest absolute Gasteiger partial charge is 0.497 e. The lowest BCUT2D eigenvalue weighted by Gasteiger charge is -2.34. The van der Waals surface area contributed by atoms with Crippen molar-refractivity contribution in [2.75, 3.05) is 56.0 Å². The highest BCUT2D eigenvalue weighted by Crippen LogP contribution is 2.32. The molecular weight excluding hydrogens is 546 g/mol. The lowest BCUT2D eigenvalue weighted by molar-refractivity contribution is 0.0948.